The highest BCUT2D eigenvalue weighted by Crippen LogP contribution is 2.23. The lowest BCUT2D eigenvalue weighted by atomic mass is 10.0. The number of hydrogen-bond donors (Lipinski definition) is 1. The lowest BCUT2D eigenvalue weighted by molar-refractivity contribution is -0.0497. The molecule has 0 bridgehead atoms. The monoisotopic (exact) mass is 264 g/mol. The van der Waals surface area contributed by atoms with E-state index in [4.69, 9.17) is 5.73 Å². The van der Waals surface area contributed by atoms with Gasteiger partial charge in [-0.05, 0) is 24.3 Å². The molecule has 0 radical (unpaired) electrons. The molecule has 0 atom stereocenters. The van der Waals surface area contributed by atoms with Gasteiger partial charge in [0.05, 0.1) is 0 Å². The maximum Gasteiger partial charge on any atom is 0.387 e. The lowest BCUT2D eigenvalue weighted by Crippen LogP contribution is -2.07. The predicted octanol–water partition coefficient (Wildman–Crippen LogP) is 2.50. The summed E-state index contributed by atoms with van der Waals surface area (Å²) in [5.74, 6) is -0.387. The Bertz CT molecular complexity index is 588. The number of nitrogen functional groups attached to an aromatic ring is 1. The van der Waals surface area contributed by atoms with Crippen molar-refractivity contribution in [3.8, 4) is 5.75 Å². The van der Waals surface area contributed by atoms with Gasteiger partial charge >= 0.3 is 6.61 Å². The molecule has 1 aromatic carbocycles. The van der Waals surface area contributed by atoms with Crippen LogP contribution in [0.1, 0.15) is 15.9 Å². The smallest absolute Gasteiger partial charge is 0.387 e. The summed E-state index contributed by atoms with van der Waals surface area (Å²) in [6.45, 7) is -2.93. The summed E-state index contributed by atoms with van der Waals surface area (Å²) in [5.41, 5.74) is 6.41. The minimum Gasteiger partial charge on any atom is -0.435 e. The van der Waals surface area contributed by atoms with Crippen LogP contribution in [0, 0.1) is 0 Å². The first-order chi connectivity index (χ1) is 9.08. The van der Waals surface area contributed by atoms with Gasteiger partial charge in [0.15, 0.2) is 5.78 Å². The summed E-state index contributed by atoms with van der Waals surface area (Å²) >= 11 is 0. The Labute approximate surface area is 107 Å². The fraction of sp³-hybridized carbons (Fsp3) is 0.0769. The molecule has 0 fully saturated rings. The fourth-order valence-corrected chi connectivity index (χ4v) is 1.58. The third-order valence-corrected chi connectivity index (χ3v) is 2.44. The second-order valence-corrected chi connectivity index (χ2v) is 3.69. The molecule has 0 unspecified atom stereocenters. The van der Waals surface area contributed by atoms with E-state index in [1.165, 1.54) is 30.6 Å². The summed E-state index contributed by atoms with van der Waals surface area (Å²) in [5, 5.41) is 0. The van der Waals surface area contributed by atoms with Gasteiger partial charge in [-0.15, -0.1) is 0 Å². The normalized spacial score (nSPS) is 10.5. The number of carbonyl (C=O) groups is 1. The van der Waals surface area contributed by atoms with Crippen LogP contribution in [0.15, 0.2) is 42.7 Å². The highest BCUT2D eigenvalue weighted by Gasteiger charge is 2.14. The summed E-state index contributed by atoms with van der Waals surface area (Å²) < 4.78 is 28.3. The Kier molecular flexibility index (Phi) is 3.70. The Morgan fingerprint density at radius 2 is 1.89 bits per heavy atom. The first-order valence-corrected chi connectivity index (χ1v) is 5.37. The molecule has 0 aliphatic rings. The zero-order valence-corrected chi connectivity index (χ0v) is 9.72. The molecule has 2 rings (SSSR count). The summed E-state index contributed by atoms with van der Waals surface area (Å²) in [6, 6.07) is 6.92. The summed E-state index contributed by atoms with van der Waals surface area (Å²) in [4.78, 5) is 15.9. The van der Waals surface area contributed by atoms with Gasteiger partial charge in [-0.2, -0.15) is 8.78 Å². The minimum absolute atomic E-state index is 0.0833. The van der Waals surface area contributed by atoms with Crippen LogP contribution >= 0.6 is 0 Å². The number of ether oxygens (including phenoxy) is 1. The molecule has 2 aromatic rings. The quantitative estimate of drug-likeness (QED) is 0.680. The van der Waals surface area contributed by atoms with Crippen LogP contribution in [0.2, 0.25) is 0 Å². The van der Waals surface area contributed by atoms with Crippen molar-refractivity contribution in [3.63, 3.8) is 0 Å². The van der Waals surface area contributed by atoms with Crippen molar-refractivity contribution >= 4 is 11.5 Å². The first kappa shape index (κ1) is 12.9. The molecule has 19 heavy (non-hydrogen) atoms. The third kappa shape index (κ3) is 3.04. The van der Waals surface area contributed by atoms with E-state index >= 15 is 0 Å². The fourth-order valence-electron chi connectivity index (χ4n) is 1.58. The topological polar surface area (TPSA) is 65.2 Å². The number of anilines is 1. The molecule has 0 saturated carbocycles. The van der Waals surface area contributed by atoms with Crippen LogP contribution in [0.25, 0.3) is 0 Å². The van der Waals surface area contributed by atoms with Crippen molar-refractivity contribution in [2.75, 3.05) is 5.73 Å². The largest absolute Gasteiger partial charge is 0.435 e. The van der Waals surface area contributed by atoms with Gasteiger partial charge in [0, 0.05) is 35.3 Å². The van der Waals surface area contributed by atoms with E-state index in [2.05, 4.69) is 9.72 Å². The number of carbonyl (C=O) groups excluding carboxylic acids is 1. The molecule has 0 aliphatic carbocycles. The van der Waals surface area contributed by atoms with E-state index in [1.54, 1.807) is 12.1 Å². The third-order valence-electron chi connectivity index (χ3n) is 2.44. The van der Waals surface area contributed by atoms with E-state index in [1.807, 2.05) is 0 Å². The summed E-state index contributed by atoms with van der Waals surface area (Å²) in [7, 11) is 0. The molecular weight excluding hydrogens is 254 g/mol. The van der Waals surface area contributed by atoms with Crippen LogP contribution in [0.5, 0.6) is 5.75 Å². The van der Waals surface area contributed by atoms with Crippen LogP contribution in [0.3, 0.4) is 0 Å². The van der Waals surface area contributed by atoms with Gasteiger partial charge in [-0.25, -0.2) is 0 Å². The molecule has 0 amide bonds. The van der Waals surface area contributed by atoms with Gasteiger partial charge in [-0.3, -0.25) is 9.78 Å². The van der Waals surface area contributed by atoms with E-state index in [0.29, 0.717) is 5.56 Å². The molecule has 0 spiro atoms. The molecule has 0 aliphatic heterocycles. The van der Waals surface area contributed by atoms with Crippen molar-refractivity contribution in [3.05, 3.63) is 53.9 Å². The molecular formula is C13H10F2N2O2. The number of alkyl halides is 2. The van der Waals surface area contributed by atoms with E-state index in [0.717, 1.165) is 0 Å². The van der Waals surface area contributed by atoms with Crippen LogP contribution in [-0.4, -0.2) is 17.4 Å². The SMILES string of the molecule is Nc1cc(OC(F)F)ccc1C(=O)c1ccncc1. The Balaban J connectivity index is 2.29. The average Bonchev–Trinajstić information content (AvgIpc) is 2.38. The van der Waals surface area contributed by atoms with Crippen molar-refractivity contribution < 1.29 is 18.3 Å². The van der Waals surface area contributed by atoms with Crippen LogP contribution in [0.4, 0.5) is 14.5 Å². The lowest BCUT2D eigenvalue weighted by Gasteiger charge is -2.08. The van der Waals surface area contributed by atoms with Gasteiger partial charge in [0.25, 0.3) is 0 Å². The van der Waals surface area contributed by atoms with Crippen molar-refractivity contribution in [1.29, 1.82) is 0 Å². The molecule has 1 heterocycles. The van der Waals surface area contributed by atoms with Gasteiger partial charge in [-0.1, -0.05) is 0 Å². The number of hydrogen-bond acceptors (Lipinski definition) is 4. The molecule has 2 N–H and O–H groups in total. The Morgan fingerprint density at radius 1 is 1.21 bits per heavy atom. The van der Waals surface area contributed by atoms with Gasteiger partial charge in [0.1, 0.15) is 5.75 Å². The van der Waals surface area contributed by atoms with Crippen LogP contribution in [-0.2, 0) is 0 Å². The van der Waals surface area contributed by atoms with Crippen molar-refractivity contribution in [2.45, 2.75) is 6.61 Å². The van der Waals surface area contributed by atoms with Crippen LogP contribution < -0.4 is 10.5 Å². The first-order valence-electron chi connectivity index (χ1n) is 5.37. The Hall–Kier alpha value is -2.50. The van der Waals surface area contributed by atoms with Gasteiger partial charge in [0.2, 0.25) is 0 Å². The Morgan fingerprint density at radius 3 is 2.47 bits per heavy atom. The molecule has 1 aromatic heterocycles. The summed E-state index contributed by atoms with van der Waals surface area (Å²) in [6.07, 6.45) is 2.97. The molecule has 98 valence electrons. The maximum atomic E-state index is 12.1. The highest BCUT2D eigenvalue weighted by molar-refractivity contribution is 6.12. The van der Waals surface area contributed by atoms with E-state index in [9.17, 15) is 13.6 Å². The number of nitrogens with zero attached hydrogens (tertiary/aromatic N) is 1. The number of aromatic nitrogens is 1. The van der Waals surface area contributed by atoms with Crippen molar-refractivity contribution in [2.24, 2.45) is 0 Å². The van der Waals surface area contributed by atoms with Gasteiger partial charge < -0.3 is 10.5 Å². The molecule has 6 heteroatoms. The zero-order chi connectivity index (χ0) is 13.8. The number of halogens is 2. The maximum absolute atomic E-state index is 12.1. The number of ketones is 1. The van der Waals surface area contributed by atoms with E-state index in [-0.39, 0.29) is 22.8 Å². The molecule has 0 saturated heterocycles. The van der Waals surface area contributed by atoms with Crippen molar-refractivity contribution in [1.82, 2.24) is 4.98 Å². The highest BCUT2D eigenvalue weighted by atomic mass is 19.3. The van der Waals surface area contributed by atoms with E-state index < -0.39 is 6.61 Å². The molecule has 4 nitrogen and oxygen atoms in total. The number of benzene rings is 1. The number of pyridine rings is 1. The number of nitrogens with two attached hydrogens (primary N) is 1. The predicted molar refractivity (Wildman–Crippen MR) is 65.2 cm³/mol. The standard InChI is InChI=1S/C13H10F2N2O2/c14-13(15)19-9-1-2-10(11(16)7-9)12(18)8-3-5-17-6-4-8/h1-7,13H,16H2. The second kappa shape index (κ2) is 5.43. The number of rotatable bonds is 4. The zero-order valence-electron chi connectivity index (χ0n) is 9.72. The average molecular weight is 264 g/mol. The minimum atomic E-state index is -2.93. The second-order valence-electron chi connectivity index (χ2n) is 3.69.